The highest BCUT2D eigenvalue weighted by Crippen LogP contribution is 2.43. The van der Waals surface area contributed by atoms with Crippen LogP contribution in [0.5, 0.6) is 0 Å². The Hall–Kier alpha value is -0.730. The summed E-state index contributed by atoms with van der Waals surface area (Å²) in [6, 6.07) is 4.06. The third kappa shape index (κ3) is 3.91. The number of nitrogens with zero attached hydrogens (tertiary/aromatic N) is 2. The molecule has 5 nitrogen and oxygen atoms in total. The quantitative estimate of drug-likeness (QED) is 0.416. The Morgan fingerprint density at radius 1 is 1.46 bits per heavy atom. The molecule has 2 amide bonds. The number of carbonyl (C=O) groups is 1. The van der Waals surface area contributed by atoms with Gasteiger partial charge < -0.3 is 10.2 Å². The Balaban J connectivity index is 2.23. The molecule has 9 heteroatoms. The lowest BCUT2D eigenvalue weighted by atomic mass is 10.1. The molecular weight excluding hydrogens is 389 g/mol. The highest BCUT2D eigenvalue weighted by Gasteiger charge is 2.50. The van der Waals surface area contributed by atoms with E-state index in [9.17, 15) is 10.0 Å². The zero-order chi connectivity index (χ0) is 18.2. The average molecular weight is 408 g/mol. The smallest absolute Gasteiger partial charge is 0.331 e. The van der Waals surface area contributed by atoms with Gasteiger partial charge in [-0.1, -0.05) is 47.2 Å². The maximum absolute atomic E-state index is 12.5. The van der Waals surface area contributed by atoms with Gasteiger partial charge in [0.25, 0.3) is 0 Å². The first-order valence-electron chi connectivity index (χ1n) is 7.30. The van der Waals surface area contributed by atoms with E-state index >= 15 is 0 Å². The van der Waals surface area contributed by atoms with Gasteiger partial charge in [0.05, 0.1) is 15.5 Å². The van der Waals surface area contributed by atoms with Crippen molar-refractivity contribution < 1.29 is 10.0 Å². The second kappa shape index (κ2) is 7.25. The van der Waals surface area contributed by atoms with Gasteiger partial charge in [-0.2, -0.15) is 5.06 Å². The first-order valence-corrected chi connectivity index (χ1v) is 9.28. The number of anilines is 1. The van der Waals surface area contributed by atoms with Gasteiger partial charge in [0.2, 0.25) is 0 Å². The van der Waals surface area contributed by atoms with Crippen molar-refractivity contribution in [1.29, 1.82) is 0 Å². The molecule has 0 saturated carbocycles. The SMILES string of the molecule is CC(C)N1C(=S)SC(C)(C)[C@@H]1N(O)C(=O)Nc1ccc(Cl)cc1Cl. The number of carbonyl (C=O) groups excluding carboxylic acids is 1. The molecule has 0 unspecified atom stereocenters. The lowest BCUT2D eigenvalue weighted by molar-refractivity contribution is -0.119. The van der Waals surface area contributed by atoms with Crippen LogP contribution >= 0.6 is 47.2 Å². The van der Waals surface area contributed by atoms with E-state index in [0.29, 0.717) is 25.1 Å². The van der Waals surface area contributed by atoms with Gasteiger partial charge in [-0.3, -0.25) is 5.21 Å². The van der Waals surface area contributed by atoms with Gasteiger partial charge in [-0.25, -0.2) is 4.79 Å². The third-order valence-corrected chi connectivity index (χ3v) is 5.75. The van der Waals surface area contributed by atoms with Crippen LogP contribution in [-0.4, -0.2) is 42.5 Å². The molecule has 132 valence electrons. The van der Waals surface area contributed by atoms with Crippen molar-refractivity contribution >= 4 is 63.2 Å². The summed E-state index contributed by atoms with van der Waals surface area (Å²) in [4.78, 5) is 14.3. The van der Waals surface area contributed by atoms with E-state index in [1.807, 2.05) is 32.6 Å². The highest BCUT2D eigenvalue weighted by atomic mass is 35.5. The molecule has 1 heterocycles. The van der Waals surface area contributed by atoms with E-state index in [4.69, 9.17) is 35.4 Å². The van der Waals surface area contributed by atoms with Crippen LogP contribution in [0.4, 0.5) is 10.5 Å². The number of nitrogens with one attached hydrogen (secondary N) is 1. The number of thiocarbonyl (C=S) groups is 1. The van der Waals surface area contributed by atoms with Crippen LogP contribution in [0.25, 0.3) is 0 Å². The van der Waals surface area contributed by atoms with Crippen LogP contribution in [-0.2, 0) is 0 Å². The fourth-order valence-corrected chi connectivity index (χ4v) is 5.14. The molecule has 0 aliphatic carbocycles. The number of hydrogen-bond donors (Lipinski definition) is 2. The van der Waals surface area contributed by atoms with Crippen molar-refractivity contribution in [3.63, 3.8) is 0 Å². The fraction of sp³-hybridized carbons (Fsp3) is 0.467. The van der Waals surface area contributed by atoms with Crippen LogP contribution < -0.4 is 5.32 Å². The van der Waals surface area contributed by atoms with E-state index in [-0.39, 0.29) is 6.04 Å². The predicted molar refractivity (Wildman–Crippen MR) is 104 cm³/mol. The number of thioether (sulfide) groups is 1. The lowest BCUT2D eigenvalue weighted by Gasteiger charge is -2.38. The molecule has 0 radical (unpaired) electrons. The van der Waals surface area contributed by atoms with E-state index in [2.05, 4.69) is 5.32 Å². The maximum atomic E-state index is 12.5. The summed E-state index contributed by atoms with van der Waals surface area (Å²) in [6.07, 6.45) is -0.596. The number of benzene rings is 1. The zero-order valence-corrected chi connectivity index (χ0v) is 16.9. The summed E-state index contributed by atoms with van der Waals surface area (Å²) in [7, 11) is 0. The monoisotopic (exact) mass is 407 g/mol. The van der Waals surface area contributed by atoms with E-state index < -0.39 is 16.9 Å². The molecule has 1 aliphatic heterocycles. The summed E-state index contributed by atoms with van der Waals surface area (Å²) in [5.41, 5.74) is 0.368. The first kappa shape index (κ1) is 19.6. The van der Waals surface area contributed by atoms with Crippen LogP contribution in [0.3, 0.4) is 0 Å². The summed E-state index contributed by atoms with van der Waals surface area (Å²) in [5.74, 6) is 0. The van der Waals surface area contributed by atoms with Crippen molar-refractivity contribution in [3.05, 3.63) is 28.2 Å². The van der Waals surface area contributed by atoms with Gasteiger partial charge in [-0.05, 0) is 45.9 Å². The lowest BCUT2D eigenvalue weighted by Crippen LogP contribution is -2.57. The second-order valence-electron chi connectivity index (χ2n) is 6.24. The highest BCUT2D eigenvalue weighted by molar-refractivity contribution is 8.24. The van der Waals surface area contributed by atoms with Gasteiger partial charge >= 0.3 is 6.03 Å². The molecule has 1 atom stereocenters. The van der Waals surface area contributed by atoms with Crippen molar-refractivity contribution in [2.24, 2.45) is 0 Å². The minimum absolute atomic E-state index is 0.0401. The van der Waals surface area contributed by atoms with E-state index in [0.717, 1.165) is 0 Å². The number of rotatable bonds is 3. The fourth-order valence-electron chi connectivity index (χ4n) is 2.55. The van der Waals surface area contributed by atoms with E-state index in [1.54, 1.807) is 12.1 Å². The number of hydrogen-bond acceptors (Lipinski definition) is 4. The standard InChI is InChI=1S/C15H19Cl2N3O2S2/c1-8(2)19-12(15(3,4)24-14(19)23)20(22)13(21)18-11-6-5-9(16)7-10(11)17/h5-8,12,22H,1-4H3,(H,18,21)/t12-/m0/s1. The molecule has 0 aromatic heterocycles. The minimum atomic E-state index is -0.687. The minimum Gasteiger partial charge on any atom is -0.331 e. The van der Waals surface area contributed by atoms with Crippen molar-refractivity contribution in [3.8, 4) is 0 Å². The average Bonchev–Trinajstić information content (AvgIpc) is 2.69. The van der Waals surface area contributed by atoms with Gasteiger partial charge in [0, 0.05) is 11.1 Å². The molecule has 2 N–H and O–H groups in total. The summed E-state index contributed by atoms with van der Waals surface area (Å²) in [6.45, 7) is 7.79. The molecule has 2 rings (SSSR count). The number of urea groups is 1. The predicted octanol–water partition coefficient (Wildman–Crippen LogP) is 5.06. The Morgan fingerprint density at radius 2 is 2.08 bits per heavy atom. The van der Waals surface area contributed by atoms with Crippen molar-refractivity contribution in [2.45, 2.75) is 44.6 Å². The second-order valence-corrected chi connectivity index (χ2v) is 9.38. The maximum Gasteiger partial charge on any atom is 0.347 e. The Bertz CT molecular complexity index is 670. The first-order chi connectivity index (χ1) is 11.0. The topological polar surface area (TPSA) is 55.8 Å². The molecule has 1 fully saturated rings. The third-order valence-electron chi connectivity index (χ3n) is 3.62. The molecule has 1 aromatic rings. The molecule has 1 aromatic carbocycles. The molecular formula is C15H19Cl2N3O2S2. The molecule has 0 bridgehead atoms. The molecule has 24 heavy (non-hydrogen) atoms. The molecule has 1 aliphatic rings. The van der Waals surface area contributed by atoms with Gasteiger partial charge in [-0.15, -0.1) is 0 Å². The largest absolute Gasteiger partial charge is 0.347 e. The van der Waals surface area contributed by atoms with Crippen molar-refractivity contribution in [1.82, 2.24) is 9.96 Å². The van der Waals surface area contributed by atoms with Crippen LogP contribution in [0.2, 0.25) is 10.0 Å². The van der Waals surface area contributed by atoms with Crippen molar-refractivity contribution in [2.75, 3.05) is 5.32 Å². The molecule has 1 saturated heterocycles. The van der Waals surface area contributed by atoms with Gasteiger partial charge in [0.15, 0.2) is 0 Å². The van der Waals surface area contributed by atoms with Crippen LogP contribution in [0, 0.1) is 0 Å². The van der Waals surface area contributed by atoms with Crippen LogP contribution in [0.1, 0.15) is 27.7 Å². The Labute approximate surface area is 161 Å². The van der Waals surface area contributed by atoms with Gasteiger partial charge in [0.1, 0.15) is 10.5 Å². The number of hydroxylamine groups is 2. The summed E-state index contributed by atoms with van der Waals surface area (Å²) in [5, 5.41) is 14.6. The molecule has 0 spiro atoms. The summed E-state index contributed by atoms with van der Waals surface area (Å²) >= 11 is 18.8. The Morgan fingerprint density at radius 3 is 2.62 bits per heavy atom. The normalized spacial score (nSPS) is 19.8. The van der Waals surface area contributed by atoms with E-state index in [1.165, 1.54) is 17.8 Å². The number of amides is 2. The van der Waals surface area contributed by atoms with Crippen LogP contribution in [0.15, 0.2) is 18.2 Å². The number of halogens is 2. The summed E-state index contributed by atoms with van der Waals surface area (Å²) < 4.78 is 0.188. The Kier molecular flexibility index (Phi) is 5.92. The zero-order valence-electron chi connectivity index (χ0n) is 13.7.